The smallest absolute Gasteiger partial charge is 0.251 e. The lowest BCUT2D eigenvalue weighted by atomic mass is 10.0. The van der Waals surface area contributed by atoms with Crippen molar-refractivity contribution in [3.8, 4) is 16.9 Å². The molecule has 2 aromatic rings. The van der Waals surface area contributed by atoms with Crippen LogP contribution in [0.15, 0.2) is 48.5 Å². The van der Waals surface area contributed by atoms with Crippen LogP contribution < -0.4 is 10.6 Å². The second-order valence-electron chi connectivity index (χ2n) is 5.77. The molecule has 3 rings (SSSR count). The molecule has 6 heteroatoms. The summed E-state index contributed by atoms with van der Waals surface area (Å²) in [5.74, 6) is 0.0270. The summed E-state index contributed by atoms with van der Waals surface area (Å²) in [6.07, 6.45) is 0.151. The third-order valence-corrected chi connectivity index (χ3v) is 4.09. The number of benzene rings is 2. The van der Waals surface area contributed by atoms with Crippen molar-refractivity contribution in [1.29, 1.82) is 0 Å². The molecule has 1 saturated heterocycles. The molecule has 1 aliphatic rings. The highest BCUT2D eigenvalue weighted by atomic mass is 35.5. The summed E-state index contributed by atoms with van der Waals surface area (Å²) in [5.41, 5.74) is 2.39. The summed E-state index contributed by atoms with van der Waals surface area (Å²) in [7, 11) is 0. The highest BCUT2D eigenvalue weighted by Crippen LogP contribution is 2.23. The van der Waals surface area contributed by atoms with E-state index in [1.807, 2.05) is 30.3 Å². The van der Waals surface area contributed by atoms with E-state index in [0.29, 0.717) is 18.5 Å². The Bertz CT molecular complexity index is 691. The Hall–Kier alpha value is -2.08. The monoisotopic (exact) mass is 348 g/mol. The average Bonchev–Trinajstić information content (AvgIpc) is 2.58. The Morgan fingerprint density at radius 2 is 1.88 bits per heavy atom. The van der Waals surface area contributed by atoms with E-state index in [9.17, 15) is 15.0 Å². The molecule has 1 amide bonds. The number of β-amino-alcohol motifs (C(OH)–C–C–N with tert-alkyl or cyclic N) is 1. The third kappa shape index (κ3) is 4.26. The second-order valence-corrected chi connectivity index (χ2v) is 5.77. The number of carbonyl (C=O) groups is 1. The number of halogens is 1. The van der Waals surface area contributed by atoms with Gasteiger partial charge in [0.05, 0.1) is 12.1 Å². The number of phenolic OH excluding ortho intramolecular Hbond substituents is 1. The summed E-state index contributed by atoms with van der Waals surface area (Å²) in [5, 5.41) is 25.3. The maximum absolute atomic E-state index is 12.4. The number of aromatic hydroxyl groups is 1. The predicted molar refractivity (Wildman–Crippen MR) is 95.5 cm³/mol. The molecule has 0 saturated carbocycles. The molecular formula is C18H21ClN2O3. The van der Waals surface area contributed by atoms with Crippen molar-refractivity contribution < 1.29 is 15.0 Å². The number of amides is 1. The van der Waals surface area contributed by atoms with Crippen molar-refractivity contribution in [3.63, 3.8) is 0 Å². The molecule has 24 heavy (non-hydrogen) atoms. The van der Waals surface area contributed by atoms with Crippen LogP contribution in [0, 0.1) is 0 Å². The molecule has 2 atom stereocenters. The first kappa shape index (κ1) is 18.3. The Balaban J connectivity index is 0.00000208. The number of hydrogen-bond acceptors (Lipinski definition) is 4. The summed E-state index contributed by atoms with van der Waals surface area (Å²) >= 11 is 0. The van der Waals surface area contributed by atoms with Gasteiger partial charge in [0.2, 0.25) is 0 Å². The van der Waals surface area contributed by atoms with Crippen molar-refractivity contribution in [2.45, 2.75) is 18.6 Å². The van der Waals surface area contributed by atoms with E-state index < -0.39 is 6.10 Å². The largest absolute Gasteiger partial charge is 0.508 e. The average molecular weight is 349 g/mol. The van der Waals surface area contributed by atoms with Gasteiger partial charge >= 0.3 is 0 Å². The minimum Gasteiger partial charge on any atom is -0.508 e. The fourth-order valence-corrected chi connectivity index (χ4v) is 2.76. The molecule has 5 nitrogen and oxygen atoms in total. The lowest BCUT2D eigenvalue weighted by Gasteiger charge is -2.29. The quantitative estimate of drug-likeness (QED) is 0.683. The topological polar surface area (TPSA) is 81.6 Å². The molecule has 0 aliphatic carbocycles. The van der Waals surface area contributed by atoms with Crippen molar-refractivity contribution in [3.05, 3.63) is 54.1 Å². The first-order valence-electron chi connectivity index (χ1n) is 7.72. The molecule has 0 spiro atoms. The van der Waals surface area contributed by atoms with E-state index in [2.05, 4.69) is 10.6 Å². The lowest BCUT2D eigenvalue weighted by Crippen LogP contribution is -2.52. The standard InChI is InChI=1S/C18H20N2O3.ClH/c21-15-6-4-12(5-7-15)13-2-1-3-14(10-13)18(23)20-16-8-9-19-11-17(16)22;/h1-7,10,16-17,19,21-22H,8-9,11H2,(H,20,23);1H/t16-,17-;/m1./s1. The van der Waals surface area contributed by atoms with Gasteiger partial charge in [-0.15, -0.1) is 12.4 Å². The summed E-state index contributed by atoms with van der Waals surface area (Å²) in [4.78, 5) is 12.4. The van der Waals surface area contributed by atoms with E-state index in [1.165, 1.54) is 0 Å². The van der Waals surface area contributed by atoms with Crippen LogP contribution in [-0.2, 0) is 0 Å². The third-order valence-electron chi connectivity index (χ3n) is 4.09. The number of carbonyl (C=O) groups excluding carboxylic acids is 1. The van der Waals surface area contributed by atoms with Gasteiger partial charge in [-0.1, -0.05) is 24.3 Å². The van der Waals surface area contributed by atoms with E-state index in [4.69, 9.17) is 0 Å². The molecule has 128 valence electrons. The summed E-state index contributed by atoms with van der Waals surface area (Å²) in [6, 6.07) is 14.0. The number of phenols is 1. The van der Waals surface area contributed by atoms with Gasteiger partial charge in [-0.2, -0.15) is 0 Å². The van der Waals surface area contributed by atoms with Gasteiger partial charge in [-0.05, 0) is 48.4 Å². The molecule has 1 aliphatic heterocycles. The van der Waals surface area contributed by atoms with Gasteiger partial charge in [0.25, 0.3) is 5.91 Å². The fourth-order valence-electron chi connectivity index (χ4n) is 2.76. The molecule has 0 aromatic heterocycles. The maximum Gasteiger partial charge on any atom is 0.251 e. The van der Waals surface area contributed by atoms with Crippen LogP contribution in [0.4, 0.5) is 0 Å². The maximum atomic E-state index is 12.4. The minimum absolute atomic E-state index is 0. The van der Waals surface area contributed by atoms with Gasteiger partial charge in [0.1, 0.15) is 5.75 Å². The Kier molecular flexibility index (Phi) is 6.20. The van der Waals surface area contributed by atoms with E-state index >= 15 is 0 Å². The first-order valence-corrected chi connectivity index (χ1v) is 7.72. The van der Waals surface area contributed by atoms with Crippen molar-refractivity contribution >= 4 is 18.3 Å². The second kappa shape index (κ2) is 8.15. The molecular weight excluding hydrogens is 328 g/mol. The number of rotatable bonds is 3. The highest BCUT2D eigenvalue weighted by molar-refractivity contribution is 5.95. The lowest BCUT2D eigenvalue weighted by molar-refractivity contribution is 0.0765. The predicted octanol–water partition coefficient (Wildman–Crippen LogP) is 1.93. The van der Waals surface area contributed by atoms with Gasteiger partial charge in [0, 0.05) is 12.1 Å². The van der Waals surface area contributed by atoms with Crippen molar-refractivity contribution in [1.82, 2.24) is 10.6 Å². The summed E-state index contributed by atoms with van der Waals surface area (Å²) < 4.78 is 0. The molecule has 2 aromatic carbocycles. The van der Waals surface area contributed by atoms with Gasteiger partial charge in [0.15, 0.2) is 0 Å². The normalized spacial score (nSPS) is 20.0. The molecule has 0 unspecified atom stereocenters. The zero-order valence-electron chi connectivity index (χ0n) is 13.1. The highest BCUT2D eigenvalue weighted by Gasteiger charge is 2.24. The number of aliphatic hydroxyl groups excluding tert-OH is 1. The van der Waals surface area contributed by atoms with Crippen molar-refractivity contribution in [2.75, 3.05) is 13.1 Å². The number of piperidine rings is 1. The SMILES string of the molecule is Cl.O=C(N[C@@H]1CCNC[C@H]1O)c1cccc(-c2ccc(O)cc2)c1. The Morgan fingerprint density at radius 1 is 1.12 bits per heavy atom. The van der Waals surface area contributed by atoms with Crippen LogP contribution >= 0.6 is 12.4 Å². The van der Waals surface area contributed by atoms with E-state index in [-0.39, 0.29) is 30.1 Å². The van der Waals surface area contributed by atoms with Gasteiger partial charge in [-0.3, -0.25) is 4.79 Å². The Morgan fingerprint density at radius 3 is 2.58 bits per heavy atom. The molecule has 0 radical (unpaired) electrons. The van der Waals surface area contributed by atoms with E-state index in [0.717, 1.165) is 17.7 Å². The molecule has 1 fully saturated rings. The van der Waals surface area contributed by atoms with Crippen LogP contribution in [0.2, 0.25) is 0 Å². The van der Waals surface area contributed by atoms with Crippen LogP contribution in [0.1, 0.15) is 16.8 Å². The Labute approximate surface area is 147 Å². The van der Waals surface area contributed by atoms with Gasteiger partial charge in [-0.25, -0.2) is 0 Å². The zero-order chi connectivity index (χ0) is 16.2. The van der Waals surface area contributed by atoms with Crippen molar-refractivity contribution in [2.24, 2.45) is 0 Å². The van der Waals surface area contributed by atoms with Crippen LogP contribution in [0.25, 0.3) is 11.1 Å². The van der Waals surface area contributed by atoms with Gasteiger partial charge < -0.3 is 20.8 Å². The van der Waals surface area contributed by atoms with Crippen LogP contribution in [0.5, 0.6) is 5.75 Å². The number of nitrogens with one attached hydrogen (secondary N) is 2. The number of aliphatic hydroxyl groups is 1. The van der Waals surface area contributed by atoms with E-state index in [1.54, 1.807) is 18.2 Å². The molecule has 0 bridgehead atoms. The zero-order valence-corrected chi connectivity index (χ0v) is 13.9. The number of hydrogen-bond donors (Lipinski definition) is 4. The van der Waals surface area contributed by atoms with Crippen LogP contribution in [0.3, 0.4) is 0 Å². The minimum atomic E-state index is -0.562. The first-order chi connectivity index (χ1) is 11.1. The molecule has 1 heterocycles. The summed E-state index contributed by atoms with van der Waals surface area (Å²) in [6.45, 7) is 1.29. The van der Waals surface area contributed by atoms with Crippen LogP contribution in [-0.4, -0.2) is 41.4 Å². The fraction of sp³-hybridized carbons (Fsp3) is 0.278. The molecule has 4 N–H and O–H groups in total.